The Morgan fingerprint density at radius 1 is 1.08 bits per heavy atom. The summed E-state index contributed by atoms with van der Waals surface area (Å²) in [6.07, 6.45) is 6.60. The zero-order valence-corrected chi connectivity index (χ0v) is 28.2. The molecule has 2 saturated carbocycles. The lowest BCUT2D eigenvalue weighted by atomic mass is 9.75. The van der Waals surface area contributed by atoms with Crippen LogP contribution >= 0.6 is 22.9 Å². The molecule has 0 spiro atoms. The number of nitrogens with one attached hydrogen (secondary N) is 1. The second-order valence-electron chi connectivity index (χ2n) is 13.1. The van der Waals surface area contributed by atoms with E-state index in [0.29, 0.717) is 63.7 Å². The number of benzene rings is 1. The van der Waals surface area contributed by atoms with Crippen LogP contribution < -0.4 is 4.72 Å². The van der Waals surface area contributed by atoms with Gasteiger partial charge in [-0.25, -0.2) is 27.2 Å². The van der Waals surface area contributed by atoms with Crippen LogP contribution in [0.4, 0.5) is 13.2 Å². The molecule has 49 heavy (non-hydrogen) atoms. The molecule has 2 aliphatic carbocycles. The van der Waals surface area contributed by atoms with Crippen molar-refractivity contribution in [2.24, 2.45) is 16.8 Å². The zero-order chi connectivity index (χ0) is 34.1. The lowest BCUT2D eigenvalue weighted by molar-refractivity contribution is -0.0278. The van der Waals surface area contributed by atoms with Gasteiger partial charge in [0.2, 0.25) is 10.0 Å². The highest BCUT2D eigenvalue weighted by Crippen LogP contribution is 2.53. The number of nitrogens with zero attached hydrogens (tertiary/aromatic N) is 6. The van der Waals surface area contributed by atoms with Gasteiger partial charge in [-0.3, -0.25) is 9.98 Å². The molecule has 3 aromatic heterocycles. The molecule has 4 aromatic rings. The number of fused-ring (bicyclic) bond motifs is 3. The van der Waals surface area contributed by atoms with E-state index in [9.17, 15) is 26.7 Å². The highest BCUT2D eigenvalue weighted by Gasteiger charge is 2.55. The predicted octanol–water partition coefficient (Wildman–Crippen LogP) is 5.91. The summed E-state index contributed by atoms with van der Waals surface area (Å²) in [6, 6.07) is 9.30. The predicted molar refractivity (Wildman–Crippen MR) is 178 cm³/mol. The van der Waals surface area contributed by atoms with Gasteiger partial charge in [0.25, 0.3) is 0 Å². The molecule has 5 heterocycles. The van der Waals surface area contributed by atoms with Crippen LogP contribution in [0, 0.1) is 17.7 Å². The van der Waals surface area contributed by atoms with Crippen LogP contribution in [0.3, 0.4) is 0 Å². The van der Waals surface area contributed by atoms with Crippen molar-refractivity contribution >= 4 is 44.4 Å². The number of aliphatic imine (C=N–C) groups is 1. The normalized spacial score (nSPS) is 28.3. The van der Waals surface area contributed by atoms with Crippen LogP contribution in [0.15, 0.2) is 77.1 Å². The van der Waals surface area contributed by atoms with E-state index in [-0.39, 0.29) is 35.5 Å². The molecule has 1 saturated heterocycles. The first-order valence-corrected chi connectivity index (χ1v) is 18.7. The van der Waals surface area contributed by atoms with E-state index in [1.165, 1.54) is 41.8 Å². The molecular weight excluding hydrogens is 699 g/mol. The number of alkyl halides is 2. The molecular formula is C33H31ClF3N7O3S2. The Hall–Kier alpha value is -3.63. The van der Waals surface area contributed by atoms with Gasteiger partial charge in [0.15, 0.2) is 10.8 Å². The third-order valence-corrected chi connectivity index (χ3v) is 13.3. The molecule has 0 amide bonds. The molecule has 2 N–H and O–H groups in total. The quantitative estimate of drug-likeness (QED) is 0.231. The Balaban J connectivity index is 1.16. The minimum absolute atomic E-state index is 0.0979. The van der Waals surface area contributed by atoms with Crippen LogP contribution in [0.25, 0.3) is 5.57 Å². The Morgan fingerprint density at radius 2 is 1.88 bits per heavy atom. The first-order chi connectivity index (χ1) is 23.5. The van der Waals surface area contributed by atoms with Gasteiger partial charge in [0, 0.05) is 64.8 Å². The number of thiazole rings is 1. The Labute approximate surface area is 289 Å². The van der Waals surface area contributed by atoms with Crippen LogP contribution in [-0.2, 0) is 15.6 Å². The summed E-state index contributed by atoms with van der Waals surface area (Å²) in [6.45, 7) is -2.68. The van der Waals surface area contributed by atoms with Crippen molar-refractivity contribution in [3.63, 3.8) is 0 Å². The third-order valence-electron chi connectivity index (χ3n) is 10.1. The summed E-state index contributed by atoms with van der Waals surface area (Å²) in [5.41, 5.74) is 1.12. The van der Waals surface area contributed by atoms with E-state index < -0.39 is 45.3 Å². The summed E-state index contributed by atoms with van der Waals surface area (Å²) >= 11 is 7.91. The second kappa shape index (κ2) is 12.3. The molecule has 2 unspecified atom stereocenters. The number of hydrogen-bond donors (Lipinski definition) is 2. The molecule has 2 bridgehead atoms. The van der Waals surface area contributed by atoms with Crippen LogP contribution in [0.2, 0.25) is 5.02 Å². The smallest absolute Gasteiger partial charge is 0.333 e. The standard InChI is InChI=1S/C33H31ClF3N7O3S2/c34-23-13-20(35)6-7-22(23)28-27(24-8-11-44(41-24)32(36)37)25-14-21(17-43(25)30(40-28)31-39-10-12-48-31)42-49(46,47)29-18-4-5-19(29)16-33(45,15-18)26-3-1-2-9-38-26/h1-3,6-13,18-19,21,28-29,32,42,45H,4-5,14-17H2/t18?,19?,21-,28-,29?,33?/m0/s1. The average molecular weight is 730 g/mol. The Bertz CT molecular complexity index is 2050. The van der Waals surface area contributed by atoms with Gasteiger partial charge in [0.05, 0.1) is 16.6 Å². The van der Waals surface area contributed by atoms with Crippen molar-refractivity contribution in [3.8, 4) is 0 Å². The van der Waals surface area contributed by atoms with Crippen molar-refractivity contribution in [1.82, 2.24) is 29.4 Å². The molecule has 256 valence electrons. The summed E-state index contributed by atoms with van der Waals surface area (Å²) < 4.78 is 73.6. The van der Waals surface area contributed by atoms with Gasteiger partial charge < -0.3 is 10.0 Å². The molecule has 1 aromatic carbocycles. The summed E-state index contributed by atoms with van der Waals surface area (Å²) in [7, 11) is -3.88. The number of aliphatic hydroxyl groups is 1. The van der Waals surface area contributed by atoms with E-state index in [4.69, 9.17) is 16.6 Å². The van der Waals surface area contributed by atoms with Gasteiger partial charge in [-0.1, -0.05) is 23.7 Å². The van der Waals surface area contributed by atoms with Crippen LogP contribution in [-0.4, -0.2) is 61.8 Å². The maximum atomic E-state index is 14.2. The number of sulfonamides is 1. The fraction of sp³-hybridized carbons (Fsp3) is 0.394. The van der Waals surface area contributed by atoms with Crippen LogP contribution in [0.1, 0.15) is 66.7 Å². The maximum absolute atomic E-state index is 14.2. The largest absolute Gasteiger partial charge is 0.384 e. The van der Waals surface area contributed by atoms with Crippen LogP contribution in [0.5, 0.6) is 0 Å². The number of amidine groups is 1. The fourth-order valence-electron chi connectivity index (χ4n) is 8.23. The SMILES string of the molecule is O=S(=O)(N[C@H]1CC2=C(c3ccn(C(F)F)n3)[C@H](c3ccc(F)cc3Cl)N=C(c3nccs3)N2C1)C1C2CCC1CC(O)(c1ccccn1)C2. The van der Waals surface area contributed by atoms with Gasteiger partial charge in [0.1, 0.15) is 17.5 Å². The molecule has 16 heteroatoms. The van der Waals surface area contributed by atoms with Gasteiger partial charge in [-0.15, -0.1) is 11.3 Å². The first kappa shape index (κ1) is 32.6. The fourth-order valence-corrected chi connectivity index (χ4v) is 11.4. The third kappa shape index (κ3) is 5.78. The van der Waals surface area contributed by atoms with E-state index in [1.54, 1.807) is 29.9 Å². The number of rotatable bonds is 8. The van der Waals surface area contributed by atoms with Crippen molar-refractivity contribution < 1.29 is 26.7 Å². The van der Waals surface area contributed by atoms with Crippen molar-refractivity contribution in [1.29, 1.82) is 0 Å². The van der Waals surface area contributed by atoms with Gasteiger partial charge in [-0.05, 0) is 67.9 Å². The number of pyridine rings is 1. The highest BCUT2D eigenvalue weighted by atomic mass is 35.5. The topological polar surface area (TPSA) is 126 Å². The van der Waals surface area contributed by atoms with Crippen molar-refractivity contribution in [2.75, 3.05) is 6.54 Å². The number of halogens is 4. The van der Waals surface area contributed by atoms with E-state index >= 15 is 0 Å². The van der Waals surface area contributed by atoms with Crippen molar-refractivity contribution in [2.45, 2.75) is 61.6 Å². The maximum Gasteiger partial charge on any atom is 0.333 e. The number of hydrogen-bond acceptors (Lipinski definition) is 9. The molecule has 4 atom stereocenters. The number of aromatic nitrogens is 4. The lowest BCUT2D eigenvalue weighted by Crippen LogP contribution is -2.51. The second-order valence-corrected chi connectivity index (χ2v) is 16.2. The Kier molecular flexibility index (Phi) is 8.18. The molecule has 2 aliphatic heterocycles. The average Bonchev–Trinajstić information content (AvgIpc) is 3.88. The first-order valence-electron chi connectivity index (χ1n) is 15.9. The van der Waals surface area contributed by atoms with E-state index in [2.05, 4.69) is 19.8 Å². The molecule has 0 radical (unpaired) electrons. The summed E-state index contributed by atoms with van der Waals surface area (Å²) in [4.78, 5) is 15.7. The molecule has 4 aliphatic rings. The van der Waals surface area contributed by atoms with E-state index in [1.807, 2.05) is 11.0 Å². The Morgan fingerprint density at radius 3 is 2.53 bits per heavy atom. The zero-order valence-electron chi connectivity index (χ0n) is 25.8. The van der Waals surface area contributed by atoms with Gasteiger partial charge in [-0.2, -0.15) is 13.9 Å². The minimum Gasteiger partial charge on any atom is -0.384 e. The summed E-state index contributed by atoms with van der Waals surface area (Å²) in [5.74, 6) is -0.584. The summed E-state index contributed by atoms with van der Waals surface area (Å²) in [5, 5.41) is 17.5. The lowest BCUT2D eigenvalue weighted by Gasteiger charge is -2.40. The van der Waals surface area contributed by atoms with Gasteiger partial charge >= 0.3 is 6.55 Å². The monoisotopic (exact) mass is 729 g/mol. The highest BCUT2D eigenvalue weighted by molar-refractivity contribution is 7.90. The molecule has 3 fully saturated rings. The molecule has 10 nitrogen and oxygen atoms in total. The minimum atomic E-state index is -3.88. The van der Waals surface area contributed by atoms with Crippen molar-refractivity contribution in [3.05, 3.63) is 105 Å². The molecule has 8 rings (SSSR count). The van der Waals surface area contributed by atoms with E-state index in [0.717, 1.165) is 0 Å².